The zero-order chi connectivity index (χ0) is 21.0. The van der Waals surface area contributed by atoms with Crippen LogP contribution >= 0.6 is 0 Å². The van der Waals surface area contributed by atoms with Gasteiger partial charge in [-0.05, 0) is 48.4 Å². The summed E-state index contributed by atoms with van der Waals surface area (Å²) in [6, 6.07) is 8.18. The predicted molar refractivity (Wildman–Crippen MR) is 105 cm³/mol. The summed E-state index contributed by atoms with van der Waals surface area (Å²) in [5, 5.41) is 11.6. The third kappa shape index (κ3) is 4.76. The van der Waals surface area contributed by atoms with Crippen molar-refractivity contribution in [2.24, 2.45) is 0 Å². The molecule has 1 fully saturated rings. The highest BCUT2D eigenvalue weighted by Crippen LogP contribution is 2.26. The second-order valence-electron chi connectivity index (χ2n) is 6.66. The van der Waals surface area contributed by atoms with Crippen LogP contribution in [-0.4, -0.2) is 36.2 Å². The molecule has 7 nitrogen and oxygen atoms in total. The number of carbonyl (C=O) groups is 2. The van der Waals surface area contributed by atoms with Crippen LogP contribution in [0.4, 0.5) is 14.9 Å². The van der Waals surface area contributed by atoms with Gasteiger partial charge in [0.05, 0.1) is 24.3 Å². The molecule has 1 atom stereocenters. The highest BCUT2D eigenvalue weighted by Gasteiger charge is 2.32. The molecule has 148 valence electrons. The predicted octanol–water partition coefficient (Wildman–Crippen LogP) is 3.11. The zero-order valence-corrected chi connectivity index (χ0v) is 16.0. The van der Waals surface area contributed by atoms with Gasteiger partial charge in [0.25, 0.3) is 0 Å². The van der Waals surface area contributed by atoms with Crippen LogP contribution in [0.2, 0.25) is 0 Å². The number of nitrogens with zero attached hydrogens (tertiary/aromatic N) is 3. The molecule has 1 aliphatic rings. The Morgan fingerprint density at radius 2 is 2.21 bits per heavy atom. The van der Waals surface area contributed by atoms with E-state index in [0.29, 0.717) is 16.8 Å². The lowest BCUT2D eigenvalue weighted by Crippen LogP contribution is -2.33. The van der Waals surface area contributed by atoms with Crippen LogP contribution in [0.15, 0.2) is 36.7 Å². The van der Waals surface area contributed by atoms with Crippen molar-refractivity contribution >= 4 is 29.3 Å². The molecule has 2 aromatic rings. The molecule has 8 heteroatoms. The minimum absolute atomic E-state index is 0.204. The third-order valence-electron chi connectivity index (χ3n) is 4.44. The highest BCUT2D eigenvalue weighted by atomic mass is 19.1. The SMILES string of the molecule is CC(=O)NC[C@H]1CN(c2ccc(C=C(C)c3cncc(C#N)c3)c(F)c2)C(=O)O1. The second-order valence-corrected chi connectivity index (χ2v) is 6.66. The molecule has 0 bridgehead atoms. The van der Waals surface area contributed by atoms with Gasteiger partial charge in [-0.2, -0.15) is 5.26 Å². The van der Waals surface area contributed by atoms with Crippen molar-refractivity contribution in [3.8, 4) is 6.07 Å². The number of carbonyl (C=O) groups excluding carboxylic acids is 2. The summed E-state index contributed by atoms with van der Waals surface area (Å²) in [6.07, 6.45) is 3.64. The van der Waals surface area contributed by atoms with Crippen molar-refractivity contribution in [3.63, 3.8) is 0 Å². The molecule has 29 heavy (non-hydrogen) atoms. The van der Waals surface area contributed by atoms with Crippen LogP contribution in [0.25, 0.3) is 11.6 Å². The number of cyclic esters (lactones) is 1. The average molecular weight is 394 g/mol. The monoisotopic (exact) mass is 394 g/mol. The largest absolute Gasteiger partial charge is 0.442 e. The molecule has 1 aromatic heterocycles. The lowest BCUT2D eigenvalue weighted by Gasteiger charge is -2.14. The first-order valence-corrected chi connectivity index (χ1v) is 8.93. The molecule has 2 heterocycles. The fraction of sp³-hybridized carbons (Fsp3) is 0.238. The second kappa shape index (κ2) is 8.52. The number of hydrogen-bond donors (Lipinski definition) is 1. The first kappa shape index (κ1) is 20.0. The maximum absolute atomic E-state index is 14.7. The van der Waals surface area contributed by atoms with E-state index < -0.39 is 18.0 Å². The quantitative estimate of drug-likeness (QED) is 0.841. The number of ether oxygens (including phenoxy) is 1. The number of pyridine rings is 1. The van der Waals surface area contributed by atoms with Gasteiger partial charge in [-0.15, -0.1) is 0 Å². The fourth-order valence-electron chi connectivity index (χ4n) is 2.93. The molecule has 1 N–H and O–H groups in total. The van der Waals surface area contributed by atoms with Gasteiger partial charge in [-0.25, -0.2) is 9.18 Å². The number of benzene rings is 1. The number of allylic oxidation sites excluding steroid dienone is 1. The Balaban J connectivity index is 1.77. The lowest BCUT2D eigenvalue weighted by molar-refractivity contribution is -0.119. The molecule has 1 aliphatic heterocycles. The maximum atomic E-state index is 14.7. The van der Waals surface area contributed by atoms with Crippen LogP contribution in [0, 0.1) is 17.1 Å². The van der Waals surface area contributed by atoms with Gasteiger partial charge in [-0.3, -0.25) is 14.7 Å². The molecule has 3 rings (SSSR count). The number of aromatic nitrogens is 1. The van der Waals surface area contributed by atoms with Crippen molar-refractivity contribution < 1.29 is 18.7 Å². The first-order valence-electron chi connectivity index (χ1n) is 8.93. The summed E-state index contributed by atoms with van der Waals surface area (Å²) in [5.74, 6) is -0.711. The number of amides is 2. The summed E-state index contributed by atoms with van der Waals surface area (Å²) >= 11 is 0. The highest BCUT2D eigenvalue weighted by molar-refractivity contribution is 5.90. The molecule has 0 unspecified atom stereocenters. The summed E-state index contributed by atoms with van der Waals surface area (Å²) in [5.41, 5.74) is 2.61. The van der Waals surface area contributed by atoms with E-state index >= 15 is 0 Å². The third-order valence-corrected chi connectivity index (χ3v) is 4.44. The fourth-order valence-corrected chi connectivity index (χ4v) is 2.93. The minimum atomic E-state index is -0.585. The zero-order valence-electron chi connectivity index (χ0n) is 16.0. The average Bonchev–Trinajstić information content (AvgIpc) is 3.08. The topological polar surface area (TPSA) is 95.3 Å². The van der Waals surface area contributed by atoms with E-state index in [1.165, 1.54) is 24.1 Å². The minimum Gasteiger partial charge on any atom is -0.442 e. The molecule has 0 saturated carbocycles. The van der Waals surface area contributed by atoms with Gasteiger partial charge in [0, 0.05) is 24.9 Å². The number of rotatable bonds is 5. The standard InChI is InChI=1S/C21H19FN4O3/c1-13(17-6-15(8-23)9-24-10-17)5-16-3-4-18(7-20(16)22)26-12-19(29-21(26)28)11-25-14(2)27/h3-7,9-10,19H,11-12H2,1-2H3,(H,25,27)/t19-/m0/s1. The molecule has 1 aromatic carbocycles. The molecule has 0 aliphatic carbocycles. The molecule has 0 spiro atoms. The Morgan fingerprint density at radius 1 is 1.41 bits per heavy atom. The van der Waals surface area contributed by atoms with Crippen LogP contribution in [-0.2, 0) is 9.53 Å². The molecular weight excluding hydrogens is 375 g/mol. The summed E-state index contributed by atoms with van der Waals surface area (Å²) in [6.45, 7) is 3.61. The number of nitrogens with one attached hydrogen (secondary N) is 1. The number of halogens is 1. The van der Waals surface area contributed by atoms with E-state index in [-0.39, 0.29) is 19.0 Å². The van der Waals surface area contributed by atoms with Gasteiger partial charge >= 0.3 is 6.09 Å². The number of anilines is 1. The van der Waals surface area contributed by atoms with Crippen molar-refractivity contribution in [2.75, 3.05) is 18.0 Å². The van der Waals surface area contributed by atoms with Crippen molar-refractivity contribution in [1.82, 2.24) is 10.3 Å². The van der Waals surface area contributed by atoms with Crippen LogP contribution in [0.1, 0.15) is 30.5 Å². The maximum Gasteiger partial charge on any atom is 0.414 e. The van der Waals surface area contributed by atoms with E-state index in [4.69, 9.17) is 10.00 Å². The van der Waals surface area contributed by atoms with E-state index in [9.17, 15) is 14.0 Å². The number of nitriles is 1. The van der Waals surface area contributed by atoms with Crippen LogP contribution < -0.4 is 10.2 Å². The van der Waals surface area contributed by atoms with Crippen LogP contribution in [0.5, 0.6) is 0 Å². The molecule has 0 radical (unpaired) electrons. The molecular formula is C21H19FN4O3. The first-order chi connectivity index (χ1) is 13.9. The summed E-state index contributed by atoms with van der Waals surface area (Å²) in [7, 11) is 0. The molecule has 2 amide bonds. The van der Waals surface area contributed by atoms with Gasteiger partial charge in [0.15, 0.2) is 0 Å². The van der Waals surface area contributed by atoms with E-state index in [1.54, 1.807) is 37.4 Å². The Bertz CT molecular complexity index is 1030. The van der Waals surface area contributed by atoms with Gasteiger partial charge in [0.1, 0.15) is 18.0 Å². The van der Waals surface area contributed by atoms with Gasteiger partial charge < -0.3 is 10.1 Å². The summed E-state index contributed by atoms with van der Waals surface area (Å²) < 4.78 is 19.9. The Kier molecular flexibility index (Phi) is 5.88. The molecule has 1 saturated heterocycles. The lowest BCUT2D eigenvalue weighted by atomic mass is 10.0. The van der Waals surface area contributed by atoms with Crippen LogP contribution in [0.3, 0.4) is 0 Å². The summed E-state index contributed by atoms with van der Waals surface area (Å²) in [4.78, 5) is 28.4. The van der Waals surface area contributed by atoms with E-state index in [1.807, 2.05) is 6.07 Å². The Morgan fingerprint density at radius 3 is 2.90 bits per heavy atom. The van der Waals surface area contributed by atoms with E-state index in [2.05, 4.69) is 10.3 Å². The van der Waals surface area contributed by atoms with Crippen molar-refractivity contribution in [3.05, 3.63) is 59.2 Å². The van der Waals surface area contributed by atoms with Crippen molar-refractivity contribution in [1.29, 1.82) is 5.26 Å². The van der Waals surface area contributed by atoms with Crippen molar-refractivity contribution in [2.45, 2.75) is 20.0 Å². The van der Waals surface area contributed by atoms with Gasteiger partial charge in [-0.1, -0.05) is 0 Å². The normalized spacial score (nSPS) is 16.3. The smallest absolute Gasteiger partial charge is 0.414 e. The number of hydrogen-bond acceptors (Lipinski definition) is 5. The Labute approximate surface area is 167 Å². The van der Waals surface area contributed by atoms with E-state index in [0.717, 1.165) is 11.1 Å². The van der Waals surface area contributed by atoms with Gasteiger partial charge in [0.2, 0.25) is 5.91 Å². The Hall–Kier alpha value is -3.73.